The van der Waals surface area contributed by atoms with Crippen LogP contribution in [0.4, 0.5) is 36.2 Å². The number of hydrogen-bond acceptors (Lipinski definition) is 10. The van der Waals surface area contributed by atoms with Gasteiger partial charge in [-0.25, -0.2) is 9.97 Å². The van der Waals surface area contributed by atoms with Crippen LogP contribution in [0.5, 0.6) is 5.75 Å². The number of hydrogen-bond donors (Lipinski definition) is 3. The molecule has 0 radical (unpaired) electrons. The van der Waals surface area contributed by atoms with Crippen LogP contribution in [-0.2, 0) is 6.18 Å². The van der Waals surface area contributed by atoms with Gasteiger partial charge in [0, 0.05) is 25.5 Å². The van der Waals surface area contributed by atoms with Crippen molar-refractivity contribution in [3.05, 3.63) is 66.2 Å². The van der Waals surface area contributed by atoms with E-state index >= 15 is 0 Å². The first kappa shape index (κ1) is 24.3. The first-order chi connectivity index (χ1) is 17.3. The van der Waals surface area contributed by atoms with Crippen LogP contribution >= 0.6 is 0 Å². The number of benzene rings is 1. The van der Waals surface area contributed by atoms with E-state index in [0.717, 1.165) is 12.1 Å². The van der Waals surface area contributed by atoms with Crippen LogP contribution in [0.15, 0.2) is 54.9 Å². The number of para-hydroxylation sites is 1. The molecule has 0 fully saturated rings. The number of amides is 1. The maximum Gasteiger partial charge on any atom is 0.435 e. The van der Waals surface area contributed by atoms with Crippen LogP contribution in [-0.4, -0.2) is 50.4 Å². The van der Waals surface area contributed by atoms with Crippen LogP contribution in [0.3, 0.4) is 0 Å². The summed E-state index contributed by atoms with van der Waals surface area (Å²) >= 11 is 0. The molecule has 0 saturated carbocycles. The molecule has 0 aliphatic heterocycles. The Kier molecular flexibility index (Phi) is 6.85. The zero-order valence-electron chi connectivity index (χ0n) is 18.8. The summed E-state index contributed by atoms with van der Waals surface area (Å²) in [4.78, 5) is 20.9. The highest BCUT2D eigenvalue weighted by atomic mass is 19.4. The molecule has 3 heterocycles. The zero-order chi connectivity index (χ0) is 25.7. The number of rotatable bonds is 7. The van der Waals surface area contributed by atoms with E-state index in [4.69, 9.17) is 4.74 Å². The molecular formula is C22H18F3N9O2. The molecular weight excluding hydrogens is 479 g/mol. The molecule has 0 aliphatic carbocycles. The Morgan fingerprint density at radius 3 is 2.28 bits per heavy atom. The molecule has 184 valence electrons. The predicted octanol–water partition coefficient (Wildman–Crippen LogP) is 3.60. The quantitative estimate of drug-likeness (QED) is 0.347. The summed E-state index contributed by atoms with van der Waals surface area (Å²) in [6, 6.07) is 10.3. The van der Waals surface area contributed by atoms with E-state index in [0.29, 0.717) is 22.8 Å². The van der Waals surface area contributed by atoms with Crippen LogP contribution < -0.4 is 20.7 Å². The minimum atomic E-state index is -4.62. The van der Waals surface area contributed by atoms with Gasteiger partial charge < -0.3 is 20.7 Å². The summed E-state index contributed by atoms with van der Waals surface area (Å²) in [5, 5.41) is 22.9. The number of nitrogens with zero attached hydrogens (tertiary/aromatic N) is 6. The summed E-state index contributed by atoms with van der Waals surface area (Å²) in [7, 11) is 2.92. The SMILES string of the molecule is CNC(=O)c1nnc(Nc2ccc(C(F)(F)F)nn2)cc1Nc1cccc(-c2ncccn2)c1OC. The van der Waals surface area contributed by atoms with Crippen molar-refractivity contribution in [2.75, 3.05) is 24.8 Å². The van der Waals surface area contributed by atoms with Gasteiger partial charge in [0.15, 0.2) is 34.6 Å². The van der Waals surface area contributed by atoms with Crippen LogP contribution in [0.2, 0.25) is 0 Å². The minimum absolute atomic E-state index is 0.00301. The smallest absolute Gasteiger partial charge is 0.435 e. The number of alkyl halides is 3. The fraction of sp³-hybridized carbons (Fsp3) is 0.136. The van der Waals surface area contributed by atoms with E-state index < -0.39 is 17.8 Å². The third-order valence-corrected chi connectivity index (χ3v) is 4.74. The molecule has 36 heavy (non-hydrogen) atoms. The van der Waals surface area contributed by atoms with Gasteiger partial charge in [-0.1, -0.05) is 6.07 Å². The van der Waals surface area contributed by atoms with Crippen molar-refractivity contribution in [1.82, 2.24) is 35.7 Å². The molecule has 14 heteroatoms. The van der Waals surface area contributed by atoms with E-state index in [1.165, 1.54) is 20.2 Å². The number of methoxy groups -OCH3 is 1. The first-order valence-corrected chi connectivity index (χ1v) is 10.3. The molecule has 4 aromatic rings. The van der Waals surface area contributed by atoms with Crippen molar-refractivity contribution in [2.24, 2.45) is 0 Å². The Balaban J connectivity index is 1.69. The molecule has 3 aromatic heterocycles. The average molecular weight is 497 g/mol. The number of ether oxygens (including phenoxy) is 1. The van der Waals surface area contributed by atoms with E-state index in [2.05, 4.69) is 46.3 Å². The molecule has 0 saturated heterocycles. The third-order valence-electron chi connectivity index (χ3n) is 4.74. The van der Waals surface area contributed by atoms with Crippen LogP contribution in [0.1, 0.15) is 16.2 Å². The van der Waals surface area contributed by atoms with Crippen LogP contribution in [0, 0.1) is 0 Å². The first-order valence-electron chi connectivity index (χ1n) is 10.3. The Morgan fingerprint density at radius 1 is 0.889 bits per heavy atom. The lowest BCUT2D eigenvalue weighted by molar-refractivity contribution is -0.141. The molecule has 0 atom stereocenters. The van der Waals surface area contributed by atoms with Gasteiger partial charge in [-0.2, -0.15) is 13.2 Å². The van der Waals surface area contributed by atoms with E-state index in [1.807, 2.05) is 0 Å². The van der Waals surface area contributed by atoms with Crippen molar-refractivity contribution >= 4 is 28.9 Å². The van der Waals surface area contributed by atoms with Gasteiger partial charge in [0.25, 0.3) is 5.91 Å². The van der Waals surface area contributed by atoms with Gasteiger partial charge in [0.2, 0.25) is 0 Å². The van der Waals surface area contributed by atoms with E-state index in [-0.39, 0.29) is 23.0 Å². The molecule has 4 rings (SSSR count). The van der Waals surface area contributed by atoms with Crippen molar-refractivity contribution in [3.8, 4) is 17.1 Å². The highest BCUT2D eigenvalue weighted by Gasteiger charge is 2.32. The van der Waals surface area contributed by atoms with Gasteiger partial charge in [-0.05, 0) is 30.3 Å². The summed E-state index contributed by atoms with van der Waals surface area (Å²) in [6.07, 6.45) is -1.42. The second-order valence-corrected chi connectivity index (χ2v) is 7.08. The van der Waals surface area contributed by atoms with Gasteiger partial charge in [-0.15, -0.1) is 20.4 Å². The molecule has 11 nitrogen and oxygen atoms in total. The Morgan fingerprint density at radius 2 is 1.64 bits per heavy atom. The van der Waals surface area contributed by atoms with Crippen molar-refractivity contribution in [3.63, 3.8) is 0 Å². The lowest BCUT2D eigenvalue weighted by Crippen LogP contribution is -2.21. The fourth-order valence-electron chi connectivity index (χ4n) is 3.13. The Labute approximate surface area is 202 Å². The number of halogens is 3. The minimum Gasteiger partial charge on any atom is -0.494 e. The fourth-order valence-corrected chi connectivity index (χ4v) is 3.13. The highest BCUT2D eigenvalue weighted by molar-refractivity contribution is 5.99. The third kappa shape index (κ3) is 5.27. The predicted molar refractivity (Wildman–Crippen MR) is 123 cm³/mol. The number of anilines is 4. The second kappa shape index (κ2) is 10.2. The Bertz CT molecular complexity index is 1370. The van der Waals surface area contributed by atoms with Crippen LogP contribution in [0.25, 0.3) is 11.4 Å². The lowest BCUT2D eigenvalue weighted by Gasteiger charge is -2.16. The van der Waals surface area contributed by atoms with Gasteiger partial charge in [0.05, 0.1) is 24.0 Å². The molecule has 0 bridgehead atoms. The number of nitrogens with one attached hydrogen (secondary N) is 3. The van der Waals surface area contributed by atoms with Gasteiger partial charge in [-0.3, -0.25) is 4.79 Å². The summed E-state index contributed by atoms with van der Waals surface area (Å²) in [5.41, 5.74) is 0.137. The van der Waals surface area contributed by atoms with Crippen molar-refractivity contribution in [2.45, 2.75) is 6.18 Å². The topological polar surface area (TPSA) is 140 Å². The zero-order valence-corrected chi connectivity index (χ0v) is 18.8. The average Bonchev–Trinajstić information content (AvgIpc) is 2.88. The van der Waals surface area contributed by atoms with Gasteiger partial charge >= 0.3 is 6.18 Å². The largest absolute Gasteiger partial charge is 0.494 e. The number of carbonyl (C=O) groups is 1. The number of aromatic nitrogens is 6. The highest BCUT2D eigenvalue weighted by Crippen LogP contribution is 2.37. The molecule has 0 unspecified atom stereocenters. The van der Waals surface area contributed by atoms with Crippen molar-refractivity contribution < 1.29 is 22.7 Å². The normalized spacial score (nSPS) is 11.0. The lowest BCUT2D eigenvalue weighted by atomic mass is 10.1. The maximum absolute atomic E-state index is 12.7. The molecule has 1 aromatic carbocycles. The number of carbonyl (C=O) groups excluding carboxylic acids is 1. The summed E-state index contributed by atoms with van der Waals surface area (Å²) in [6.45, 7) is 0. The van der Waals surface area contributed by atoms with Crippen molar-refractivity contribution in [1.29, 1.82) is 0 Å². The molecule has 1 amide bonds. The van der Waals surface area contributed by atoms with E-state index in [1.54, 1.807) is 36.7 Å². The monoisotopic (exact) mass is 497 g/mol. The molecule has 0 spiro atoms. The Hall–Kier alpha value is -4.88. The van der Waals surface area contributed by atoms with Gasteiger partial charge in [0.1, 0.15) is 0 Å². The molecule has 0 aliphatic rings. The second-order valence-electron chi connectivity index (χ2n) is 7.08. The summed E-state index contributed by atoms with van der Waals surface area (Å²) < 4.78 is 43.8. The molecule has 3 N–H and O–H groups in total. The standard InChI is InChI=1S/C22H18F3N9O2/c1-26-21(35)18-14(11-17(33-34-18)30-16-8-7-15(31-32-16)22(23,24)25)29-13-6-3-5-12(19(13)36-2)20-27-9-4-10-28-20/h3-11H,1-2H3,(H,26,35)(H2,29,30,32,33). The maximum atomic E-state index is 12.7. The summed E-state index contributed by atoms with van der Waals surface area (Å²) in [5.74, 6) is 0.414. The van der Waals surface area contributed by atoms with E-state index in [9.17, 15) is 18.0 Å².